The Morgan fingerprint density at radius 1 is 1.26 bits per heavy atom. The fraction of sp³-hybridized carbons (Fsp3) is 0.318. The standard InChI is InChI=1S/C22H22F2N6O/c1-22-8-7-17(26-22)21(24)18(10-22)29(2)20-6-5-16(27-28-20)15-4-3-14(9-19(15)31)30-12-13(23)11-25-30/h3-9,11-12,17-18,21,26,31H,10H2,1-2H3/t17-,18+,21-,22+/m1/s1. The van der Waals surface area contributed by atoms with Crippen LogP contribution in [0.4, 0.5) is 14.6 Å². The molecule has 4 atom stereocenters. The summed E-state index contributed by atoms with van der Waals surface area (Å²) in [7, 11) is 1.82. The minimum atomic E-state index is -1.05. The van der Waals surface area contributed by atoms with E-state index in [9.17, 15) is 13.9 Å². The van der Waals surface area contributed by atoms with Crippen molar-refractivity contribution in [1.82, 2.24) is 25.3 Å². The molecule has 2 aromatic heterocycles. The molecule has 5 rings (SSSR count). The summed E-state index contributed by atoms with van der Waals surface area (Å²) in [5, 5.41) is 26.2. The van der Waals surface area contributed by atoms with Gasteiger partial charge in [0.05, 0.1) is 35.9 Å². The molecule has 4 heterocycles. The molecule has 0 saturated carbocycles. The molecule has 0 spiro atoms. The smallest absolute Gasteiger partial charge is 0.161 e. The van der Waals surface area contributed by atoms with Crippen LogP contribution in [-0.2, 0) is 0 Å². The number of phenolic OH excluding ortho intramolecular Hbond substituents is 1. The van der Waals surface area contributed by atoms with E-state index in [0.717, 1.165) is 6.20 Å². The van der Waals surface area contributed by atoms with Gasteiger partial charge < -0.3 is 10.0 Å². The highest BCUT2D eigenvalue weighted by Gasteiger charge is 2.46. The number of benzene rings is 1. The zero-order valence-electron chi connectivity index (χ0n) is 17.1. The van der Waals surface area contributed by atoms with Crippen LogP contribution in [0.15, 0.2) is 54.9 Å². The molecule has 1 saturated heterocycles. The lowest BCUT2D eigenvalue weighted by Crippen LogP contribution is -2.60. The number of piperidine rings is 1. The molecule has 0 unspecified atom stereocenters. The Bertz CT molecular complexity index is 1150. The van der Waals surface area contributed by atoms with E-state index in [4.69, 9.17) is 0 Å². The summed E-state index contributed by atoms with van der Waals surface area (Å²) in [5.41, 5.74) is 1.26. The van der Waals surface area contributed by atoms with Crippen LogP contribution in [-0.4, -0.2) is 55.9 Å². The summed E-state index contributed by atoms with van der Waals surface area (Å²) < 4.78 is 29.5. The lowest BCUT2D eigenvalue weighted by atomic mass is 9.87. The summed E-state index contributed by atoms with van der Waals surface area (Å²) in [6.07, 6.45) is 5.82. The first-order valence-corrected chi connectivity index (χ1v) is 10.0. The lowest BCUT2D eigenvalue weighted by Gasteiger charge is -2.43. The highest BCUT2D eigenvalue weighted by atomic mass is 19.1. The zero-order valence-corrected chi connectivity index (χ0v) is 17.1. The van der Waals surface area contributed by atoms with Gasteiger partial charge in [0.1, 0.15) is 11.9 Å². The van der Waals surface area contributed by atoms with Crippen LogP contribution in [0.2, 0.25) is 0 Å². The predicted octanol–water partition coefficient (Wildman–Crippen LogP) is 3.01. The third-order valence-corrected chi connectivity index (χ3v) is 6.09. The van der Waals surface area contributed by atoms with Crippen molar-refractivity contribution in [1.29, 1.82) is 0 Å². The summed E-state index contributed by atoms with van der Waals surface area (Å²) in [6, 6.07) is 7.75. The largest absolute Gasteiger partial charge is 0.507 e. The molecule has 2 aliphatic rings. The van der Waals surface area contributed by atoms with Crippen LogP contribution in [0.3, 0.4) is 0 Å². The number of rotatable bonds is 4. The van der Waals surface area contributed by atoms with Gasteiger partial charge in [-0.25, -0.2) is 13.5 Å². The molecule has 1 fully saturated rings. The first-order valence-electron chi connectivity index (χ1n) is 10.0. The van der Waals surface area contributed by atoms with Gasteiger partial charge in [0.2, 0.25) is 0 Å². The molecule has 2 aliphatic heterocycles. The maximum atomic E-state index is 15.0. The number of nitrogens with zero attached hydrogens (tertiary/aromatic N) is 5. The maximum Gasteiger partial charge on any atom is 0.161 e. The highest BCUT2D eigenvalue weighted by molar-refractivity contribution is 5.69. The van der Waals surface area contributed by atoms with E-state index in [-0.39, 0.29) is 23.4 Å². The molecule has 160 valence electrons. The van der Waals surface area contributed by atoms with E-state index in [0.29, 0.717) is 29.2 Å². The van der Waals surface area contributed by atoms with Gasteiger partial charge in [-0.15, -0.1) is 10.2 Å². The van der Waals surface area contributed by atoms with E-state index >= 15 is 0 Å². The van der Waals surface area contributed by atoms with Crippen molar-refractivity contribution in [3.8, 4) is 22.7 Å². The van der Waals surface area contributed by atoms with Crippen molar-refractivity contribution in [3.63, 3.8) is 0 Å². The number of nitrogens with one attached hydrogen (secondary N) is 1. The van der Waals surface area contributed by atoms with E-state index in [1.165, 1.54) is 16.9 Å². The Morgan fingerprint density at radius 2 is 2.10 bits per heavy atom. The summed E-state index contributed by atoms with van der Waals surface area (Å²) in [5.74, 6) is 0.0715. The number of hydrogen-bond donors (Lipinski definition) is 2. The first kappa shape index (κ1) is 19.6. The number of aromatic hydroxyl groups is 1. The molecule has 2 N–H and O–H groups in total. The fourth-order valence-electron chi connectivity index (χ4n) is 4.39. The summed E-state index contributed by atoms with van der Waals surface area (Å²) >= 11 is 0. The maximum absolute atomic E-state index is 15.0. The van der Waals surface area contributed by atoms with Crippen LogP contribution in [0.25, 0.3) is 16.9 Å². The second-order valence-electron chi connectivity index (χ2n) is 8.35. The Balaban J connectivity index is 1.36. The number of anilines is 1. The van der Waals surface area contributed by atoms with Gasteiger partial charge in [0, 0.05) is 24.2 Å². The quantitative estimate of drug-likeness (QED) is 0.627. The normalized spacial score (nSPS) is 26.9. The van der Waals surface area contributed by atoms with E-state index < -0.39 is 12.0 Å². The molecule has 0 amide bonds. The number of fused-ring (bicyclic) bond motifs is 2. The van der Waals surface area contributed by atoms with Crippen LogP contribution in [0.1, 0.15) is 13.3 Å². The molecule has 2 bridgehead atoms. The number of hydrogen-bond acceptors (Lipinski definition) is 6. The number of phenols is 1. The van der Waals surface area contributed by atoms with Crippen LogP contribution in [0.5, 0.6) is 5.75 Å². The van der Waals surface area contributed by atoms with Gasteiger partial charge in [-0.3, -0.25) is 5.32 Å². The van der Waals surface area contributed by atoms with E-state index in [1.807, 2.05) is 24.1 Å². The van der Waals surface area contributed by atoms with E-state index in [2.05, 4.69) is 27.5 Å². The Morgan fingerprint density at radius 3 is 2.77 bits per heavy atom. The predicted molar refractivity (Wildman–Crippen MR) is 112 cm³/mol. The van der Waals surface area contributed by atoms with Crippen LogP contribution < -0.4 is 10.2 Å². The van der Waals surface area contributed by atoms with Crippen molar-refractivity contribution < 1.29 is 13.9 Å². The minimum Gasteiger partial charge on any atom is -0.507 e. The van der Waals surface area contributed by atoms with Crippen molar-refractivity contribution in [3.05, 3.63) is 60.7 Å². The van der Waals surface area contributed by atoms with Gasteiger partial charge >= 0.3 is 0 Å². The minimum absolute atomic E-state index is 0.0263. The van der Waals surface area contributed by atoms with Gasteiger partial charge in [-0.2, -0.15) is 5.10 Å². The third kappa shape index (κ3) is 3.44. The van der Waals surface area contributed by atoms with Gasteiger partial charge in [-0.05, 0) is 37.6 Å². The topological polar surface area (TPSA) is 79.1 Å². The highest BCUT2D eigenvalue weighted by Crippen LogP contribution is 2.36. The zero-order chi connectivity index (χ0) is 21.8. The van der Waals surface area contributed by atoms with Crippen molar-refractivity contribution in [2.45, 2.75) is 37.1 Å². The Kier molecular flexibility index (Phi) is 4.51. The Hall–Kier alpha value is -3.33. The molecular weight excluding hydrogens is 402 g/mol. The monoisotopic (exact) mass is 424 g/mol. The van der Waals surface area contributed by atoms with Gasteiger partial charge in [-0.1, -0.05) is 12.2 Å². The van der Waals surface area contributed by atoms with Gasteiger partial charge in [0.25, 0.3) is 0 Å². The van der Waals surface area contributed by atoms with Crippen molar-refractivity contribution in [2.75, 3.05) is 11.9 Å². The van der Waals surface area contributed by atoms with Gasteiger partial charge in [0.15, 0.2) is 11.6 Å². The van der Waals surface area contributed by atoms with Crippen molar-refractivity contribution >= 4 is 5.82 Å². The lowest BCUT2D eigenvalue weighted by molar-refractivity contribution is 0.155. The summed E-state index contributed by atoms with van der Waals surface area (Å²) in [4.78, 5) is 1.83. The Labute approximate surface area is 178 Å². The molecule has 1 aromatic carbocycles. The number of aromatic nitrogens is 4. The molecule has 3 aromatic rings. The molecule has 7 nitrogen and oxygen atoms in total. The molecule has 9 heteroatoms. The summed E-state index contributed by atoms with van der Waals surface area (Å²) in [6.45, 7) is 2.06. The van der Waals surface area contributed by atoms with Crippen molar-refractivity contribution in [2.24, 2.45) is 0 Å². The fourth-order valence-corrected chi connectivity index (χ4v) is 4.39. The second-order valence-corrected chi connectivity index (χ2v) is 8.35. The molecular formula is C22H22F2N6O. The third-order valence-electron chi connectivity index (χ3n) is 6.09. The van der Waals surface area contributed by atoms with E-state index in [1.54, 1.807) is 24.3 Å². The average Bonchev–Trinajstić information content (AvgIpc) is 3.34. The average molecular weight is 424 g/mol. The molecule has 31 heavy (non-hydrogen) atoms. The first-order chi connectivity index (χ1) is 14.8. The molecule has 0 radical (unpaired) electrons. The molecule has 0 aliphatic carbocycles. The van der Waals surface area contributed by atoms with Crippen LogP contribution in [0, 0.1) is 5.82 Å². The SMILES string of the molecule is CN(c1ccc(-c2ccc(-n3cc(F)cn3)cc2O)nn1)[C@H]1C[C@]2(C)C=C[C@@H](N2)[C@H]1F. The number of alkyl halides is 1. The number of halogens is 2. The second kappa shape index (κ2) is 7.12. The van der Waals surface area contributed by atoms with Crippen LogP contribution >= 0.6 is 0 Å².